The maximum Gasteiger partial charge on any atom is 0.435 e. The van der Waals surface area contributed by atoms with Gasteiger partial charge in [-0.1, -0.05) is 33.1 Å². The maximum absolute atomic E-state index is 12.7. The Morgan fingerprint density at radius 1 is 1.20 bits per heavy atom. The van der Waals surface area contributed by atoms with Crippen LogP contribution in [0, 0.1) is 5.92 Å². The molecule has 0 radical (unpaired) electrons. The Balaban J connectivity index is 2.00. The Morgan fingerprint density at radius 2 is 1.96 bits per heavy atom. The van der Waals surface area contributed by atoms with Crippen LogP contribution in [0.2, 0.25) is 0 Å². The standard InChI is InChI=1S/C18H24F3N3O/c1-4-6-7-13(5-2)12-25-14-8-9-16(24(3)11-14)15-10-17(23-22-15)18(19,20)21/h8-11,13H,4-7,12H2,1-3H3. The van der Waals surface area contributed by atoms with Gasteiger partial charge in [0.1, 0.15) is 11.5 Å². The molecule has 0 fully saturated rings. The molecule has 2 heterocycles. The largest absolute Gasteiger partial charge is 0.492 e. The number of halogens is 3. The van der Waals surface area contributed by atoms with E-state index in [0.29, 0.717) is 24.0 Å². The van der Waals surface area contributed by atoms with Gasteiger partial charge in [-0.05, 0) is 24.5 Å². The molecule has 2 aliphatic heterocycles. The van der Waals surface area contributed by atoms with Crippen LogP contribution in [0.25, 0.3) is 0 Å². The molecule has 2 aliphatic rings. The molecule has 0 aliphatic carbocycles. The van der Waals surface area contributed by atoms with Gasteiger partial charge < -0.3 is 9.64 Å². The third kappa shape index (κ3) is 5.21. The first-order chi connectivity index (χ1) is 11.8. The number of ether oxygens (including phenoxy) is 1. The van der Waals surface area contributed by atoms with E-state index >= 15 is 0 Å². The van der Waals surface area contributed by atoms with Gasteiger partial charge in [-0.15, -0.1) is 10.2 Å². The van der Waals surface area contributed by atoms with Crippen molar-refractivity contribution in [1.29, 1.82) is 0 Å². The van der Waals surface area contributed by atoms with Gasteiger partial charge in [-0.25, -0.2) is 0 Å². The lowest BCUT2D eigenvalue weighted by Gasteiger charge is -2.23. The van der Waals surface area contributed by atoms with E-state index in [4.69, 9.17) is 4.74 Å². The Hall–Kier alpha value is -2.05. The minimum Gasteiger partial charge on any atom is -0.492 e. The molecule has 4 nitrogen and oxygen atoms in total. The highest BCUT2D eigenvalue weighted by Crippen LogP contribution is 2.34. The Morgan fingerprint density at radius 3 is 2.52 bits per heavy atom. The number of nitrogens with zero attached hydrogens (tertiary/aromatic N) is 3. The van der Waals surface area contributed by atoms with Gasteiger partial charge in [0.25, 0.3) is 0 Å². The molecule has 138 valence electrons. The summed E-state index contributed by atoms with van der Waals surface area (Å²) in [6.45, 7) is 4.96. The van der Waals surface area contributed by atoms with E-state index in [2.05, 4.69) is 24.1 Å². The highest BCUT2D eigenvalue weighted by atomic mass is 19.4. The van der Waals surface area contributed by atoms with E-state index < -0.39 is 11.9 Å². The number of azo groups is 1. The van der Waals surface area contributed by atoms with Gasteiger partial charge >= 0.3 is 6.18 Å². The molecule has 0 saturated carbocycles. The summed E-state index contributed by atoms with van der Waals surface area (Å²) in [5, 5.41) is 6.84. The van der Waals surface area contributed by atoms with Crippen molar-refractivity contribution in [2.75, 3.05) is 13.7 Å². The molecular weight excluding hydrogens is 331 g/mol. The summed E-state index contributed by atoms with van der Waals surface area (Å²) < 4.78 is 43.8. The lowest BCUT2D eigenvalue weighted by molar-refractivity contribution is -0.0924. The van der Waals surface area contributed by atoms with E-state index in [1.165, 1.54) is 12.8 Å². The smallest absolute Gasteiger partial charge is 0.435 e. The molecule has 7 heteroatoms. The molecule has 0 spiro atoms. The van der Waals surface area contributed by atoms with Gasteiger partial charge in [0.05, 0.1) is 12.3 Å². The van der Waals surface area contributed by atoms with Crippen molar-refractivity contribution in [2.24, 2.45) is 16.1 Å². The van der Waals surface area contributed by atoms with E-state index in [1.54, 1.807) is 30.3 Å². The van der Waals surface area contributed by atoms with Gasteiger partial charge in [0, 0.05) is 19.3 Å². The van der Waals surface area contributed by atoms with Gasteiger partial charge in [-0.3, -0.25) is 0 Å². The number of hydrogen-bond donors (Lipinski definition) is 0. The first-order valence-corrected chi connectivity index (χ1v) is 8.55. The summed E-state index contributed by atoms with van der Waals surface area (Å²) in [4.78, 5) is 1.70. The van der Waals surface area contributed by atoms with Gasteiger partial charge in [0.15, 0.2) is 5.70 Å². The van der Waals surface area contributed by atoms with Crippen molar-refractivity contribution in [1.82, 2.24) is 4.90 Å². The molecule has 2 rings (SSSR count). The molecule has 0 amide bonds. The lowest BCUT2D eigenvalue weighted by atomic mass is 10.0. The minimum atomic E-state index is -4.49. The molecule has 0 bridgehead atoms. The number of unbranched alkanes of at least 4 members (excludes halogenated alkanes) is 1. The summed E-state index contributed by atoms with van der Waals surface area (Å²) in [7, 11) is 1.75. The molecule has 25 heavy (non-hydrogen) atoms. The van der Waals surface area contributed by atoms with Crippen molar-refractivity contribution in [3.63, 3.8) is 0 Å². The molecule has 0 N–H and O–H groups in total. The van der Waals surface area contributed by atoms with Crippen LogP contribution in [0.3, 0.4) is 0 Å². The van der Waals surface area contributed by atoms with E-state index in [-0.39, 0.29) is 5.70 Å². The first-order valence-electron chi connectivity index (χ1n) is 8.55. The molecular formula is C18H24F3N3O. The second-order valence-electron chi connectivity index (χ2n) is 6.20. The monoisotopic (exact) mass is 355 g/mol. The summed E-state index contributed by atoms with van der Waals surface area (Å²) in [5.74, 6) is 1.21. The van der Waals surface area contributed by atoms with E-state index in [0.717, 1.165) is 18.9 Å². The molecule has 0 saturated heterocycles. The summed E-state index contributed by atoms with van der Waals surface area (Å²) in [5.41, 5.74) is -0.242. The second kappa shape index (κ2) is 8.36. The molecule has 1 unspecified atom stereocenters. The summed E-state index contributed by atoms with van der Waals surface area (Å²) in [6.07, 6.45) is 6.23. The third-order valence-corrected chi connectivity index (χ3v) is 4.23. The average molecular weight is 355 g/mol. The van der Waals surface area contributed by atoms with Gasteiger partial charge in [0.2, 0.25) is 0 Å². The van der Waals surface area contributed by atoms with Crippen LogP contribution in [-0.4, -0.2) is 24.7 Å². The normalized spacial score (nSPS) is 21.4. The van der Waals surface area contributed by atoms with Crippen LogP contribution in [0.1, 0.15) is 39.5 Å². The van der Waals surface area contributed by atoms with Crippen LogP contribution in [0.15, 0.2) is 57.5 Å². The van der Waals surface area contributed by atoms with Crippen molar-refractivity contribution in [2.45, 2.75) is 45.7 Å². The Kier molecular flexibility index (Phi) is 6.45. The summed E-state index contributed by atoms with van der Waals surface area (Å²) >= 11 is 0. The van der Waals surface area contributed by atoms with E-state index in [1.807, 2.05) is 0 Å². The fourth-order valence-electron chi connectivity index (χ4n) is 2.60. The van der Waals surface area contributed by atoms with Crippen molar-refractivity contribution in [3.05, 3.63) is 47.3 Å². The predicted octanol–water partition coefficient (Wildman–Crippen LogP) is 5.69. The zero-order chi connectivity index (χ0) is 18.4. The number of hydrogen-bond acceptors (Lipinski definition) is 4. The zero-order valence-electron chi connectivity index (χ0n) is 14.8. The fraction of sp³-hybridized carbons (Fsp3) is 0.556. The minimum absolute atomic E-state index is 0.191. The van der Waals surface area contributed by atoms with Crippen LogP contribution in [0.4, 0.5) is 13.2 Å². The van der Waals surface area contributed by atoms with Crippen LogP contribution >= 0.6 is 0 Å². The number of alkyl halides is 3. The topological polar surface area (TPSA) is 37.2 Å². The first kappa shape index (κ1) is 19.3. The zero-order valence-corrected chi connectivity index (χ0v) is 14.8. The quantitative estimate of drug-likeness (QED) is 0.588. The SMILES string of the molecule is CCCCC(CC)COC1=CN(C)C(=C2C=C(C(F)(F)F)N=N2)C=C1. The maximum atomic E-state index is 12.7. The lowest BCUT2D eigenvalue weighted by Crippen LogP contribution is -2.16. The number of likely N-dealkylation sites (N-methyl/N-ethyl adjacent to an activating group) is 1. The average Bonchev–Trinajstić information content (AvgIpc) is 3.05. The van der Waals surface area contributed by atoms with Crippen LogP contribution in [0.5, 0.6) is 0 Å². The number of rotatable bonds is 7. The molecule has 0 aromatic heterocycles. The van der Waals surface area contributed by atoms with Crippen molar-refractivity contribution < 1.29 is 17.9 Å². The van der Waals surface area contributed by atoms with Crippen LogP contribution < -0.4 is 0 Å². The van der Waals surface area contributed by atoms with Crippen molar-refractivity contribution in [3.8, 4) is 0 Å². The molecule has 0 aromatic rings. The molecule has 0 aromatic carbocycles. The second-order valence-corrected chi connectivity index (χ2v) is 6.20. The fourth-order valence-corrected chi connectivity index (χ4v) is 2.60. The Labute approximate surface area is 146 Å². The summed E-state index contributed by atoms with van der Waals surface area (Å²) in [6, 6.07) is 0. The van der Waals surface area contributed by atoms with Gasteiger partial charge in [-0.2, -0.15) is 13.2 Å². The highest BCUT2D eigenvalue weighted by molar-refractivity contribution is 5.41. The Bertz CT molecular complexity index is 630. The molecule has 1 atom stereocenters. The predicted molar refractivity (Wildman–Crippen MR) is 90.3 cm³/mol. The number of allylic oxidation sites excluding steroid dienone is 4. The third-order valence-electron chi connectivity index (χ3n) is 4.23. The highest BCUT2D eigenvalue weighted by Gasteiger charge is 2.37. The van der Waals surface area contributed by atoms with E-state index in [9.17, 15) is 13.2 Å². The van der Waals surface area contributed by atoms with Crippen molar-refractivity contribution >= 4 is 0 Å². The van der Waals surface area contributed by atoms with Crippen LogP contribution in [-0.2, 0) is 4.74 Å².